The van der Waals surface area contributed by atoms with Crippen LogP contribution in [0.1, 0.15) is 42.5 Å². The highest BCUT2D eigenvalue weighted by atomic mass is 32.2. The predicted octanol–water partition coefficient (Wildman–Crippen LogP) is 5.87. The third-order valence-electron chi connectivity index (χ3n) is 6.66. The van der Waals surface area contributed by atoms with Crippen molar-refractivity contribution in [2.45, 2.75) is 43.0 Å². The lowest BCUT2D eigenvalue weighted by atomic mass is 9.96. The SMILES string of the molecule is CN(C1CCCCC1)S(=O)(=O)c1ccc(C(=O)Nc2ccc(O)c(-c3nc4ccccc4s3)c2)cc1. The molecule has 0 radical (unpaired) electrons. The van der Waals surface area contributed by atoms with Crippen LogP contribution in [0.15, 0.2) is 71.6 Å². The summed E-state index contributed by atoms with van der Waals surface area (Å²) >= 11 is 1.46. The smallest absolute Gasteiger partial charge is 0.255 e. The molecule has 0 bridgehead atoms. The molecule has 36 heavy (non-hydrogen) atoms. The van der Waals surface area contributed by atoms with Gasteiger partial charge in [0.2, 0.25) is 10.0 Å². The van der Waals surface area contributed by atoms with Gasteiger partial charge >= 0.3 is 0 Å². The van der Waals surface area contributed by atoms with Gasteiger partial charge in [0.05, 0.1) is 20.7 Å². The van der Waals surface area contributed by atoms with E-state index in [0.29, 0.717) is 21.8 Å². The van der Waals surface area contributed by atoms with Crippen LogP contribution in [0.5, 0.6) is 5.75 Å². The third kappa shape index (κ3) is 4.86. The number of benzene rings is 3. The summed E-state index contributed by atoms with van der Waals surface area (Å²) in [4.78, 5) is 17.6. The first-order chi connectivity index (χ1) is 17.3. The molecule has 1 aliphatic rings. The number of thiazole rings is 1. The van der Waals surface area contributed by atoms with Crippen molar-refractivity contribution in [3.63, 3.8) is 0 Å². The lowest BCUT2D eigenvalue weighted by molar-refractivity contribution is 0.102. The summed E-state index contributed by atoms with van der Waals surface area (Å²) in [5, 5.41) is 13.9. The first-order valence-corrected chi connectivity index (χ1v) is 14.2. The Morgan fingerprint density at radius 3 is 2.47 bits per heavy atom. The molecule has 1 fully saturated rings. The third-order valence-corrected chi connectivity index (χ3v) is 9.66. The Balaban J connectivity index is 1.32. The van der Waals surface area contributed by atoms with Crippen molar-refractivity contribution in [3.05, 3.63) is 72.3 Å². The van der Waals surface area contributed by atoms with E-state index in [1.54, 1.807) is 19.2 Å². The fourth-order valence-electron chi connectivity index (χ4n) is 4.56. The van der Waals surface area contributed by atoms with Crippen LogP contribution in [-0.4, -0.2) is 41.8 Å². The Hall–Kier alpha value is -3.27. The molecule has 0 aliphatic heterocycles. The summed E-state index contributed by atoms with van der Waals surface area (Å²) in [5.41, 5.74) is 2.21. The van der Waals surface area contributed by atoms with Gasteiger partial charge in [0.25, 0.3) is 5.91 Å². The second kappa shape index (κ2) is 10.0. The van der Waals surface area contributed by atoms with Crippen LogP contribution in [0, 0.1) is 0 Å². The van der Waals surface area contributed by atoms with Gasteiger partial charge in [-0.25, -0.2) is 13.4 Å². The van der Waals surface area contributed by atoms with E-state index in [9.17, 15) is 18.3 Å². The summed E-state index contributed by atoms with van der Waals surface area (Å²) in [6.07, 6.45) is 4.99. The molecule has 1 aliphatic carbocycles. The van der Waals surface area contributed by atoms with E-state index in [1.165, 1.54) is 46.0 Å². The number of amides is 1. The highest BCUT2D eigenvalue weighted by molar-refractivity contribution is 7.89. The van der Waals surface area contributed by atoms with Crippen molar-refractivity contribution in [1.29, 1.82) is 0 Å². The van der Waals surface area contributed by atoms with E-state index in [-0.39, 0.29) is 22.6 Å². The van der Waals surface area contributed by atoms with Crippen LogP contribution >= 0.6 is 11.3 Å². The Morgan fingerprint density at radius 2 is 1.75 bits per heavy atom. The molecule has 5 rings (SSSR count). The van der Waals surface area contributed by atoms with Gasteiger partial charge in [-0.15, -0.1) is 11.3 Å². The second-order valence-corrected chi connectivity index (χ2v) is 12.0. The maximum Gasteiger partial charge on any atom is 0.255 e. The van der Waals surface area contributed by atoms with E-state index >= 15 is 0 Å². The Labute approximate surface area is 214 Å². The number of aromatic hydroxyl groups is 1. The highest BCUT2D eigenvalue weighted by Gasteiger charge is 2.29. The summed E-state index contributed by atoms with van der Waals surface area (Å²) in [5.74, 6) is -0.302. The molecule has 1 saturated carbocycles. The number of carbonyl (C=O) groups excluding carboxylic acids is 1. The number of aromatic nitrogens is 1. The number of fused-ring (bicyclic) bond motifs is 1. The number of hydrogen-bond acceptors (Lipinski definition) is 6. The molecule has 7 nitrogen and oxygen atoms in total. The van der Waals surface area contributed by atoms with Crippen LogP contribution in [0.2, 0.25) is 0 Å². The molecule has 0 unspecified atom stereocenters. The molecule has 0 saturated heterocycles. The number of rotatable bonds is 6. The minimum Gasteiger partial charge on any atom is -0.507 e. The first-order valence-electron chi connectivity index (χ1n) is 11.9. The summed E-state index contributed by atoms with van der Waals surface area (Å²) in [6, 6.07) is 18.6. The summed E-state index contributed by atoms with van der Waals surface area (Å²) < 4.78 is 28.6. The fourth-order valence-corrected chi connectivity index (χ4v) is 6.97. The molecule has 186 valence electrons. The topological polar surface area (TPSA) is 99.6 Å². The van der Waals surface area contributed by atoms with Gasteiger partial charge < -0.3 is 10.4 Å². The zero-order valence-corrected chi connectivity index (χ0v) is 21.5. The first kappa shape index (κ1) is 24.4. The van der Waals surface area contributed by atoms with Crippen molar-refractivity contribution >= 4 is 43.2 Å². The minimum atomic E-state index is -3.62. The molecular formula is C27H27N3O4S2. The number of hydrogen-bond donors (Lipinski definition) is 2. The van der Waals surface area contributed by atoms with Crippen LogP contribution in [0.25, 0.3) is 20.8 Å². The number of nitrogens with zero attached hydrogens (tertiary/aromatic N) is 2. The summed E-state index contributed by atoms with van der Waals surface area (Å²) in [6.45, 7) is 0. The molecule has 0 atom stereocenters. The van der Waals surface area contributed by atoms with Gasteiger partial charge in [-0.05, 0) is 67.4 Å². The summed E-state index contributed by atoms with van der Waals surface area (Å²) in [7, 11) is -1.99. The highest BCUT2D eigenvalue weighted by Crippen LogP contribution is 2.37. The quantitative estimate of drug-likeness (QED) is 0.309. The average molecular weight is 522 g/mol. The largest absolute Gasteiger partial charge is 0.507 e. The molecule has 3 aromatic carbocycles. The van der Waals surface area contributed by atoms with Crippen LogP contribution in [0.3, 0.4) is 0 Å². The Kier molecular flexibility index (Phi) is 6.79. The van der Waals surface area contributed by atoms with Gasteiger partial charge in [-0.1, -0.05) is 31.4 Å². The lowest BCUT2D eigenvalue weighted by Gasteiger charge is -2.30. The molecule has 1 aromatic heterocycles. The number of carbonyl (C=O) groups is 1. The molecule has 2 N–H and O–H groups in total. The lowest BCUT2D eigenvalue weighted by Crippen LogP contribution is -2.38. The monoisotopic (exact) mass is 521 g/mol. The molecular weight excluding hydrogens is 494 g/mol. The molecule has 1 amide bonds. The fraction of sp³-hybridized carbons (Fsp3) is 0.259. The molecule has 9 heteroatoms. The number of phenols is 1. The standard InChI is InChI=1S/C27H27N3O4S2/c1-30(20-7-3-2-4-8-20)36(33,34)21-14-11-18(12-15-21)26(32)28-19-13-16-24(31)22(17-19)27-29-23-9-5-6-10-25(23)35-27/h5-6,9-17,20,31H,2-4,7-8H2,1H3,(H,28,32). The van der Waals surface area contributed by atoms with E-state index in [4.69, 9.17) is 0 Å². The van der Waals surface area contributed by atoms with Crippen molar-refractivity contribution in [2.24, 2.45) is 0 Å². The minimum absolute atomic E-state index is 0.0193. The molecule has 4 aromatic rings. The normalized spacial score (nSPS) is 14.8. The number of nitrogens with one attached hydrogen (secondary N) is 1. The number of para-hydroxylation sites is 1. The van der Waals surface area contributed by atoms with E-state index in [1.807, 2.05) is 24.3 Å². The van der Waals surface area contributed by atoms with Gasteiger partial charge in [-0.3, -0.25) is 4.79 Å². The van der Waals surface area contributed by atoms with Gasteiger partial charge in [0.1, 0.15) is 10.8 Å². The zero-order chi connectivity index (χ0) is 25.3. The Bertz CT molecular complexity index is 1470. The molecule has 0 spiro atoms. The maximum absolute atomic E-state index is 13.1. The van der Waals surface area contributed by atoms with E-state index in [2.05, 4.69) is 10.3 Å². The van der Waals surface area contributed by atoms with Crippen LogP contribution in [0.4, 0.5) is 5.69 Å². The average Bonchev–Trinajstić information content (AvgIpc) is 3.34. The van der Waals surface area contributed by atoms with Gasteiger partial charge in [0.15, 0.2) is 0 Å². The predicted molar refractivity (Wildman–Crippen MR) is 143 cm³/mol. The van der Waals surface area contributed by atoms with Crippen LogP contribution in [-0.2, 0) is 10.0 Å². The Morgan fingerprint density at radius 1 is 1.03 bits per heavy atom. The van der Waals surface area contributed by atoms with E-state index < -0.39 is 10.0 Å². The second-order valence-electron chi connectivity index (χ2n) is 9.01. The van der Waals surface area contributed by atoms with Gasteiger partial charge in [-0.2, -0.15) is 4.31 Å². The van der Waals surface area contributed by atoms with Crippen molar-refractivity contribution in [3.8, 4) is 16.3 Å². The number of anilines is 1. The molecule has 1 heterocycles. The van der Waals surface area contributed by atoms with Crippen LogP contribution < -0.4 is 5.32 Å². The zero-order valence-electron chi connectivity index (χ0n) is 19.8. The number of sulfonamides is 1. The van der Waals surface area contributed by atoms with Gasteiger partial charge in [0, 0.05) is 24.3 Å². The van der Waals surface area contributed by atoms with E-state index in [0.717, 1.165) is 42.3 Å². The number of phenolic OH excluding ortho intramolecular Hbond substituents is 1. The van der Waals surface area contributed by atoms with Crippen molar-refractivity contribution in [2.75, 3.05) is 12.4 Å². The maximum atomic E-state index is 13.1. The van der Waals surface area contributed by atoms with Crippen molar-refractivity contribution < 1.29 is 18.3 Å². The van der Waals surface area contributed by atoms with Crippen molar-refractivity contribution in [1.82, 2.24) is 9.29 Å².